The molecule has 0 spiro atoms. The number of aryl methyl sites for hydroxylation is 1. The summed E-state index contributed by atoms with van der Waals surface area (Å²) in [6, 6.07) is 3.46. The van der Waals surface area contributed by atoms with Gasteiger partial charge in [0.1, 0.15) is 11.6 Å². The molecule has 7 heteroatoms. The summed E-state index contributed by atoms with van der Waals surface area (Å²) < 4.78 is 0. The Kier molecular flexibility index (Phi) is 5.03. The second kappa shape index (κ2) is 7.18. The molecule has 2 amide bonds. The first-order chi connectivity index (χ1) is 10.2. The molecule has 0 radical (unpaired) electrons. The Morgan fingerprint density at radius 2 is 2.00 bits per heavy atom. The van der Waals surface area contributed by atoms with Gasteiger partial charge in [0.25, 0.3) is 0 Å². The van der Waals surface area contributed by atoms with Crippen molar-refractivity contribution >= 4 is 17.5 Å². The predicted molar refractivity (Wildman–Crippen MR) is 81.0 cm³/mol. The molecule has 2 aromatic rings. The summed E-state index contributed by atoms with van der Waals surface area (Å²) in [5, 5.41) is 8.57. The van der Waals surface area contributed by atoms with Crippen LogP contribution >= 0.6 is 0 Å². The van der Waals surface area contributed by atoms with Crippen molar-refractivity contribution in [2.75, 3.05) is 17.2 Å². The predicted octanol–water partition coefficient (Wildman–Crippen LogP) is 1.93. The number of anilines is 2. The topological polar surface area (TPSA) is 91.8 Å². The lowest BCUT2D eigenvalue weighted by atomic mass is 10.2. The van der Waals surface area contributed by atoms with Gasteiger partial charge in [0.15, 0.2) is 0 Å². The number of rotatable bonds is 5. The van der Waals surface area contributed by atoms with Gasteiger partial charge < -0.3 is 16.0 Å². The highest BCUT2D eigenvalue weighted by Gasteiger charge is 2.03. The van der Waals surface area contributed by atoms with Gasteiger partial charge >= 0.3 is 6.03 Å². The van der Waals surface area contributed by atoms with E-state index in [1.807, 2.05) is 19.1 Å². The van der Waals surface area contributed by atoms with Crippen molar-refractivity contribution in [2.24, 2.45) is 0 Å². The highest BCUT2D eigenvalue weighted by Crippen LogP contribution is 2.06. The summed E-state index contributed by atoms with van der Waals surface area (Å²) in [5.41, 5.74) is 1.53. The van der Waals surface area contributed by atoms with Crippen LogP contribution in [0.15, 0.2) is 30.7 Å². The molecule has 0 atom stereocenters. The van der Waals surface area contributed by atoms with Crippen LogP contribution in [0.25, 0.3) is 0 Å². The fourth-order valence-corrected chi connectivity index (χ4v) is 1.68. The van der Waals surface area contributed by atoms with Gasteiger partial charge in [-0.25, -0.2) is 19.7 Å². The number of amides is 2. The molecular formula is C14H18N6O. The summed E-state index contributed by atoms with van der Waals surface area (Å²) in [4.78, 5) is 24.0. The number of pyridine rings is 1. The number of aromatic nitrogens is 3. The lowest BCUT2D eigenvalue weighted by molar-refractivity contribution is 0.251. The van der Waals surface area contributed by atoms with E-state index in [1.165, 1.54) is 0 Å². The Hall–Kier alpha value is -2.70. The Bertz CT molecular complexity index is 599. The van der Waals surface area contributed by atoms with E-state index in [0.29, 0.717) is 18.1 Å². The van der Waals surface area contributed by atoms with Crippen molar-refractivity contribution in [3.05, 3.63) is 42.1 Å². The van der Waals surface area contributed by atoms with Crippen LogP contribution < -0.4 is 16.0 Å². The Morgan fingerprint density at radius 1 is 1.24 bits per heavy atom. The van der Waals surface area contributed by atoms with Gasteiger partial charge in [-0.15, -0.1) is 0 Å². The van der Waals surface area contributed by atoms with Crippen molar-refractivity contribution in [3.63, 3.8) is 0 Å². The lowest BCUT2D eigenvalue weighted by Gasteiger charge is -2.08. The molecule has 0 saturated carbocycles. The molecule has 2 aromatic heterocycles. The van der Waals surface area contributed by atoms with Crippen LogP contribution in [0.1, 0.15) is 18.3 Å². The van der Waals surface area contributed by atoms with Crippen LogP contribution in [0.3, 0.4) is 0 Å². The minimum atomic E-state index is -0.302. The van der Waals surface area contributed by atoms with Crippen LogP contribution in [-0.2, 0) is 6.54 Å². The van der Waals surface area contributed by atoms with Crippen LogP contribution in [0.2, 0.25) is 0 Å². The Labute approximate surface area is 123 Å². The molecule has 0 bridgehead atoms. The van der Waals surface area contributed by atoms with Gasteiger partial charge in [-0.2, -0.15) is 0 Å². The van der Waals surface area contributed by atoms with Crippen LogP contribution in [-0.4, -0.2) is 27.5 Å². The van der Waals surface area contributed by atoms with E-state index in [4.69, 9.17) is 0 Å². The Balaban J connectivity index is 1.86. The maximum Gasteiger partial charge on any atom is 0.319 e. The number of hydrogen-bond donors (Lipinski definition) is 3. The second-order valence-electron chi connectivity index (χ2n) is 4.41. The van der Waals surface area contributed by atoms with E-state index < -0.39 is 0 Å². The summed E-state index contributed by atoms with van der Waals surface area (Å²) in [5.74, 6) is 1.46. The van der Waals surface area contributed by atoms with Crippen molar-refractivity contribution in [2.45, 2.75) is 20.4 Å². The van der Waals surface area contributed by atoms with E-state index in [9.17, 15) is 4.79 Å². The SMILES string of the molecule is CCNc1cc(CNC(=O)Nc2cnc(C)nc2)ccn1. The van der Waals surface area contributed by atoms with E-state index in [-0.39, 0.29) is 6.03 Å². The van der Waals surface area contributed by atoms with Crippen LogP contribution in [0.5, 0.6) is 0 Å². The van der Waals surface area contributed by atoms with Gasteiger partial charge in [0, 0.05) is 19.3 Å². The summed E-state index contributed by atoms with van der Waals surface area (Å²) in [6.07, 6.45) is 4.84. The molecule has 0 unspecified atom stereocenters. The smallest absolute Gasteiger partial charge is 0.319 e. The summed E-state index contributed by atoms with van der Waals surface area (Å²) >= 11 is 0. The molecule has 3 N–H and O–H groups in total. The van der Waals surface area contributed by atoms with E-state index >= 15 is 0 Å². The Morgan fingerprint density at radius 3 is 2.71 bits per heavy atom. The number of nitrogens with one attached hydrogen (secondary N) is 3. The second-order valence-corrected chi connectivity index (χ2v) is 4.41. The van der Waals surface area contributed by atoms with Crippen molar-refractivity contribution in [1.29, 1.82) is 0 Å². The van der Waals surface area contributed by atoms with Gasteiger partial charge in [0.2, 0.25) is 0 Å². The van der Waals surface area contributed by atoms with Crippen molar-refractivity contribution in [1.82, 2.24) is 20.3 Å². The third kappa shape index (κ3) is 4.72. The maximum atomic E-state index is 11.8. The zero-order valence-corrected chi connectivity index (χ0v) is 12.1. The molecule has 0 aliphatic heterocycles. The highest BCUT2D eigenvalue weighted by molar-refractivity contribution is 5.88. The van der Waals surface area contributed by atoms with Gasteiger partial charge in [-0.3, -0.25) is 0 Å². The first-order valence-corrected chi connectivity index (χ1v) is 6.69. The summed E-state index contributed by atoms with van der Waals surface area (Å²) in [6.45, 7) is 5.01. The maximum absolute atomic E-state index is 11.8. The fourth-order valence-electron chi connectivity index (χ4n) is 1.68. The number of urea groups is 1. The fraction of sp³-hybridized carbons (Fsp3) is 0.286. The molecule has 21 heavy (non-hydrogen) atoms. The first-order valence-electron chi connectivity index (χ1n) is 6.69. The largest absolute Gasteiger partial charge is 0.370 e. The third-order valence-corrected chi connectivity index (χ3v) is 2.67. The number of nitrogens with zero attached hydrogens (tertiary/aromatic N) is 3. The number of hydrogen-bond acceptors (Lipinski definition) is 5. The monoisotopic (exact) mass is 286 g/mol. The minimum Gasteiger partial charge on any atom is -0.370 e. The van der Waals surface area contributed by atoms with Crippen molar-refractivity contribution < 1.29 is 4.79 Å². The zero-order valence-electron chi connectivity index (χ0n) is 12.1. The highest BCUT2D eigenvalue weighted by atomic mass is 16.2. The molecule has 0 aliphatic rings. The van der Waals surface area contributed by atoms with Gasteiger partial charge in [0.05, 0.1) is 18.1 Å². The molecule has 2 rings (SSSR count). The van der Waals surface area contributed by atoms with E-state index in [0.717, 1.165) is 17.9 Å². The quantitative estimate of drug-likeness (QED) is 0.781. The number of carbonyl (C=O) groups excluding carboxylic acids is 1. The summed E-state index contributed by atoms with van der Waals surface area (Å²) in [7, 11) is 0. The molecular weight excluding hydrogens is 268 g/mol. The number of carbonyl (C=O) groups is 1. The van der Waals surface area contributed by atoms with Crippen LogP contribution in [0, 0.1) is 6.92 Å². The van der Waals surface area contributed by atoms with E-state index in [1.54, 1.807) is 25.5 Å². The molecule has 7 nitrogen and oxygen atoms in total. The molecule has 2 heterocycles. The van der Waals surface area contributed by atoms with Gasteiger partial charge in [-0.05, 0) is 31.5 Å². The third-order valence-electron chi connectivity index (χ3n) is 2.67. The lowest BCUT2D eigenvalue weighted by Crippen LogP contribution is -2.28. The molecule has 0 saturated heterocycles. The van der Waals surface area contributed by atoms with Crippen LogP contribution in [0.4, 0.5) is 16.3 Å². The first kappa shape index (κ1) is 14.7. The van der Waals surface area contributed by atoms with Gasteiger partial charge in [-0.1, -0.05) is 0 Å². The molecule has 0 aromatic carbocycles. The standard InChI is InChI=1S/C14H18N6O/c1-3-15-13-6-11(4-5-16-13)7-19-14(21)20-12-8-17-10(2)18-9-12/h4-6,8-9H,3,7H2,1-2H3,(H,15,16)(H2,19,20,21). The zero-order chi connectivity index (χ0) is 15.1. The molecule has 0 fully saturated rings. The molecule has 110 valence electrons. The average molecular weight is 286 g/mol. The van der Waals surface area contributed by atoms with E-state index in [2.05, 4.69) is 30.9 Å². The molecule has 0 aliphatic carbocycles. The minimum absolute atomic E-state index is 0.302. The normalized spacial score (nSPS) is 10.0. The average Bonchev–Trinajstić information content (AvgIpc) is 2.48. The van der Waals surface area contributed by atoms with Crippen molar-refractivity contribution in [3.8, 4) is 0 Å².